The van der Waals surface area contributed by atoms with Crippen LogP contribution in [0, 0.1) is 5.41 Å². The molecule has 9 heteroatoms. The second-order valence-electron chi connectivity index (χ2n) is 5.68. The molecule has 2 rings (SSSR count). The normalized spacial score (nSPS) is 11.7. The smallest absolute Gasteiger partial charge is 0.306 e. The molecule has 2 aromatic rings. The number of aliphatic hydroxyl groups is 1. The molecule has 0 aliphatic heterocycles. The fraction of sp³-hybridized carbons (Fsp3) is 0.278. The number of nitrogens with zero attached hydrogens (tertiary/aromatic N) is 2. The summed E-state index contributed by atoms with van der Waals surface area (Å²) in [6.07, 6.45) is 0.113. The van der Waals surface area contributed by atoms with Gasteiger partial charge in [-0.25, -0.2) is 0 Å². The molecule has 0 amide bonds. The summed E-state index contributed by atoms with van der Waals surface area (Å²) in [6.45, 7) is 2.10. The van der Waals surface area contributed by atoms with Gasteiger partial charge >= 0.3 is 5.97 Å². The minimum absolute atomic E-state index is 0.0471. The highest BCUT2D eigenvalue weighted by Crippen LogP contribution is 2.19. The van der Waals surface area contributed by atoms with Gasteiger partial charge in [0.2, 0.25) is 11.7 Å². The number of nitrogens with one attached hydrogen (secondary N) is 1. The summed E-state index contributed by atoms with van der Waals surface area (Å²) in [6, 6.07) is 6.90. The van der Waals surface area contributed by atoms with Crippen molar-refractivity contribution in [3.05, 3.63) is 46.5 Å². The third-order valence-corrected chi connectivity index (χ3v) is 3.75. The van der Waals surface area contributed by atoms with Gasteiger partial charge in [0, 0.05) is 22.7 Å². The van der Waals surface area contributed by atoms with Crippen LogP contribution in [0.15, 0.2) is 40.1 Å². The number of esters is 1. The van der Waals surface area contributed by atoms with Gasteiger partial charge in [-0.2, -0.15) is 4.98 Å². The average Bonchev–Trinajstić information content (AvgIpc) is 3.07. The number of allylic oxidation sites excluding steroid dienone is 1. The summed E-state index contributed by atoms with van der Waals surface area (Å²) in [7, 11) is 0. The van der Waals surface area contributed by atoms with E-state index in [0.717, 1.165) is 5.56 Å². The van der Waals surface area contributed by atoms with Crippen LogP contribution in [0.5, 0.6) is 0 Å². The highest BCUT2D eigenvalue weighted by atomic mass is 35.5. The molecule has 0 unspecified atom stereocenters. The molecular formula is C18H18ClN3O5. The van der Waals surface area contributed by atoms with Crippen LogP contribution in [-0.2, 0) is 20.7 Å². The van der Waals surface area contributed by atoms with Crippen molar-refractivity contribution in [1.29, 1.82) is 5.41 Å². The Bertz CT molecular complexity index is 871. The zero-order chi connectivity index (χ0) is 20.0. The lowest BCUT2D eigenvalue weighted by atomic mass is 10.1. The lowest BCUT2D eigenvalue weighted by molar-refractivity contribution is -0.143. The molecule has 0 spiro atoms. The Hall–Kier alpha value is -3.00. The number of ketones is 1. The van der Waals surface area contributed by atoms with Gasteiger partial charge in [-0.1, -0.05) is 16.8 Å². The number of hydrogen-bond acceptors (Lipinski definition) is 8. The summed E-state index contributed by atoms with van der Waals surface area (Å²) in [4.78, 5) is 27.4. The predicted octanol–water partition coefficient (Wildman–Crippen LogP) is 3.31. The van der Waals surface area contributed by atoms with Gasteiger partial charge < -0.3 is 19.8 Å². The van der Waals surface area contributed by atoms with Gasteiger partial charge in [0.25, 0.3) is 0 Å². The minimum atomic E-state index is -0.613. The van der Waals surface area contributed by atoms with Crippen molar-refractivity contribution >= 4 is 29.1 Å². The molecule has 27 heavy (non-hydrogen) atoms. The van der Waals surface area contributed by atoms with Crippen molar-refractivity contribution in [3.8, 4) is 11.4 Å². The molecule has 142 valence electrons. The Morgan fingerprint density at radius 1 is 1.26 bits per heavy atom. The van der Waals surface area contributed by atoms with Gasteiger partial charge in [0.05, 0.1) is 12.0 Å². The number of benzene rings is 1. The number of halogens is 1. The summed E-state index contributed by atoms with van der Waals surface area (Å²) >= 11 is 5.83. The number of Topliss-reactive ketones (excluding diaryl/α,β-unsaturated/α-hetero) is 1. The van der Waals surface area contributed by atoms with Crippen LogP contribution in [0.4, 0.5) is 0 Å². The third kappa shape index (κ3) is 5.75. The maximum atomic E-state index is 11.8. The second-order valence-corrected chi connectivity index (χ2v) is 6.12. The van der Waals surface area contributed by atoms with Crippen molar-refractivity contribution < 1.29 is 24.0 Å². The molecule has 0 saturated heterocycles. The largest absolute Gasteiger partial charge is 0.508 e. The maximum absolute atomic E-state index is 11.8. The lowest BCUT2D eigenvalue weighted by Gasteiger charge is -2.07. The third-order valence-electron chi connectivity index (χ3n) is 3.50. The molecule has 0 atom stereocenters. The van der Waals surface area contributed by atoms with Crippen molar-refractivity contribution in [2.45, 2.75) is 26.7 Å². The van der Waals surface area contributed by atoms with E-state index in [9.17, 15) is 14.7 Å². The molecular weight excluding hydrogens is 374 g/mol. The minimum Gasteiger partial charge on any atom is -0.508 e. The molecule has 1 aromatic carbocycles. The molecule has 8 nitrogen and oxygen atoms in total. The van der Waals surface area contributed by atoms with E-state index in [4.69, 9.17) is 26.3 Å². The first-order chi connectivity index (χ1) is 12.8. The Morgan fingerprint density at radius 3 is 2.52 bits per heavy atom. The number of hydrogen-bond donors (Lipinski definition) is 2. The topological polar surface area (TPSA) is 126 Å². The van der Waals surface area contributed by atoms with E-state index in [-0.39, 0.29) is 30.0 Å². The number of aromatic nitrogens is 2. The zero-order valence-electron chi connectivity index (χ0n) is 14.8. The van der Waals surface area contributed by atoms with E-state index in [1.807, 2.05) is 0 Å². The maximum Gasteiger partial charge on any atom is 0.306 e. The second kappa shape index (κ2) is 9.09. The first-order valence-corrected chi connectivity index (χ1v) is 8.38. The van der Waals surface area contributed by atoms with Gasteiger partial charge in [-0.3, -0.25) is 9.59 Å². The van der Waals surface area contributed by atoms with E-state index in [1.54, 1.807) is 24.3 Å². The van der Waals surface area contributed by atoms with E-state index in [1.165, 1.54) is 13.8 Å². The van der Waals surface area contributed by atoms with E-state index in [0.29, 0.717) is 10.8 Å². The molecule has 0 bridgehead atoms. The first-order valence-electron chi connectivity index (χ1n) is 8.00. The molecule has 2 N–H and O–H groups in total. The van der Waals surface area contributed by atoms with Crippen LogP contribution in [0.3, 0.4) is 0 Å². The highest BCUT2D eigenvalue weighted by Gasteiger charge is 2.16. The Labute approximate surface area is 160 Å². The van der Waals surface area contributed by atoms with Crippen molar-refractivity contribution in [3.63, 3.8) is 0 Å². The number of rotatable bonds is 8. The monoisotopic (exact) mass is 391 g/mol. The van der Waals surface area contributed by atoms with Gasteiger partial charge in [-0.05, 0) is 38.1 Å². The van der Waals surface area contributed by atoms with Crippen LogP contribution in [0.2, 0.25) is 5.02 Å². The fourth-order valence-electron chi connectivity index (χ4n) is 2.26. The van der Waals surface area contributed by atoms with Gasteiger partial charge in [-0.15, -0.1) is 0 Å². The SMILES string of the molecule is CC(=N)/C(C(C)=O)=C(/O)COC(=O)CCc1nc(-c2ccc(Cl)cc2)no1. The van der Waals surface area contributed by atoms with E-state index in [2.05, 4.69) is 10.1 Å². The van der Waals surface area contributed by atoms with Crippen LogP contribution in [0.1, 0.15) is 26.2 Å². The molecule has 0 aliphatic carbocycles. The Kier molecular flexibility index (Phi) is 6.84. The number of aliphatic hydroxyl groups excluding tert-OH is 1. The van der Waals surface area contributed by atoms with Gasteiger partial charge in [0.1, 0.15) is 12.4 Å². The molecule has 0 saturated carbocycles. The van der Waals surface area contributed by atoms with E-state index < -0.39 is 24.1 Å². The predicted molar refractivity (Wildman–Crippen MR) is 97.8 cm³/mol. The first kappa shape index (κ1) is 20.3. The number of carbonyl (C=O) groups is 2. The molecule has 1 aromatic heterocycles. The van der Waals surface area contributed by atoms with Crippen LogP contribution >= 0.6 is 11.6 Å². The van der Waals surface area contributed by atoms with Crippen molar-refractivity contribution in [2.75, 3.05) is 6.61 Å². The Morgan fingerprint density at radius 2 is 1.93 bits per heavy atom. The van der Waals surface area contributed by atoms with Crippen LogP contribution in [-0.4, -0.2) is 39.3 Å². The number of ether oxygens (including phenoxy) is 1. The summed E-state index contributed by atoms with van der Waals surface area (Å²) in [5.41, 5.74) is 0.467. The average molecular weight is 392 g/mol. The molecule has 0 aliphatic rings. The molecule has 0 radical (unpaired) electrons. The van der Waals surface area contributed by atoms with Crippen LogP contribution < -0.4 is 0 Å². The van der Waals surface area contributed by atoms with E-state index >= 15 is 0 Å². The quantitative estimate of drug-likeness (QED) is 0.306. The molecule has 1 heterocycles. The summed E-state index contributed by atoms with van der Waals surface area (Å²) in [5.74, 6) is -0.902. The summed E-state index contributed by atoms with van der Waals surface area (Å²) in [5, 5.41) is 21.7. The standard InChI is InChI=1S/C18H18ClN3O5/c1-10(20)17(11(2)23)14(24)9-26-16(25)8-7-15-21-18(22-27-15)12-3-5-13(19)6-4-12/h3-6,20,24H,7-9H2,1-2H3/b17-14-,20-10?. The fourth-order valence-corrected chi connectivity index (χ4v) is 2.38. The number of aryl methyl sites for hydroxylation is 1. The van der Waals surface area contributed by atoms with Crippen LogP contribution in [0.25, 0.3) is 11.4 Å². The number of carbonyl (C=O) groups excluding carboxylic acids is 2. The highest BCUT2D eigenvalue weighted by molar-refractivity contribution is 6.30. The molecule has 0 fully saturated rings. The van der Waals surface area contributed by atoms with Crippen molar-refractivity contribution in [2.24, 2.45) is 0 Å². The van der Waals surface area contributed by atoms with Gasteiger partial charge in [0.15, 0.2) is 5.78 Å². The zero-order valence-corrected chi connectivity index (χ0v) is 15.5. The summed E-state index contributed by atoms with van der Waals surface area (Å²) < 4.78 is 10.0. The lowest BCUT2D eigenvalue weighted by Crippen LogP contribution is -2.15. The van der Waals surface area contributed by atoms with Crippen molar-refractivity contribution in [1.82, 2.24) is 10.1 Å². The Balaban J connectivity index is 1.89.